The lowest BCUT2D eigenvalue weighted by atomic mass is 10.2. The average molecular weight is 279 g/mol. The van der Waals surface area contributed by atoms with Gasteiger partial charge in [-0.2, -0.15) is 0 Å². The molecule has 0 saturated carbocycles. The van der Waals surface area contributed by atoms with Gasteiger partial charge in [-0.25, -0.2) is 4.98 Å². The Hall–Kier alpha value is -1.42. The highest BCUT2D eigenvalue weighted by atomic mass is 79.9. The van der Waals surface area contributed by atoms with Crippen molar-refractivity contribution < 1.29 is 0 Å². The van der Waals surface area contributed by atoms with Gasteiger partial charge in [0.05, 0.1) is 12.9 Å². The van der Waals surface area contributed by atoms with Gasteiger partial charge in [-0.15, -0.1) is 0 Å². The topological polar surface area (TPSA) is 34.9 Å². The summed E-state index contributed by atoms with van der Waals surface area (Å²) in [5.41, 5.74) is 1.78. The molecule has 4 heteroatoms. The van der Waals surface area contributed by atoms with Crippen LogP contribution in [-0.2, 0) is 6.54 Å². The molecule has 2 rings (SSSR count). The third kappa shape index (κ3) is 2.39. The zero-order chi connectivity index (χ0) is 11.5. The van der Waals surface area contributed by atoms with Crippen molar-refractivity contribution in [3.05, 3.63) is 62.7 Å². The second-order valence-corrected chi connectivity index (χ2v) is 4.44. The molecule has 0 spiro atoms. The van der Waals surface area contributed by atoms with E-state index in [0.717, 1.165) is 15.7 Å². The standard InChI is InChI=1S/C12H11BrN2O/c1-9-6-12(16)15(8-14-9)7-10-4-2-3-5-11(10)13/h2-6,8H,7H2,1H3. The maximum atomic E-state index is 11.7. The molecule has 1 aromatic carbocycles. The maximum absolute atomic E-state index is 11.7. The molecular weight excluding hydrogens is 268 g/mol. The molecule has 0 bridgehead atoms. The Balaban J connectivity index is 2.35. The van der Waals surface area contributed by atoms with Gasteiger partial charge in [-0.05, 0) is 18.6 Å². The first-order chi connectivity index (χ1) is 7.66. The zero-order valence-corrected chi connectivity index (χ0v) is 10.4. The zero-order valence-electron chi connectivity index (χ0n) is 8.85. The van der Waals surface area contributed by atoms with Gasteiger partial charge >= 0.3 is 0 Å². The molecule has 0 amide bonds. The number of aromatic nitrogens is 2. The minimum atomic E-state index is -0.0248. The van der Waals surface area contributed by atoms with Crippen LogP contribution in [0.2, 0.25) is 0 Å². The van der Waals surface area contributed by atoms with Crippen LogP contribution in [0.3, 0.4) is 0 Å². The summed E-state index contributed by atoms with van der Waals surface area (Å²) in [6.45, 7) is 2.34. The second-order valence-electron chi connectivity index (χ2n) is 3.59. The second kappa shape index (κ2) is 4.61. The Morgan fingerprint density at radius 3 is 2.81 bits per heavy atom. The molecule has 0 saturated heterocycles. The van der Waals surface area contributed by atoms with Crippen LogP contribution >= 0.6 is 15.9 Å². The van der Waals surface area contributed by atoms with Crippen LogP contribution in [0.4, 0.5) is 0 Å². The van der Waals surface area contributed by atoms with Gasteiger partial charge in [0, 0.05) is 16.2 Å². The summed E-state index contributed by atoms with van der Waals surface area (Å²) in [5.74, 6) is 0. The van der Waals surface area contributed by atoms with E-state index in [4.69, 9.17) is 0 Å². The van der Waals surface area contributed by atoms with Crippen molar-refractivity contribution >= 4 is 15.9 Å². The molecule has 0 atom stereocenters. The van der Waals surface area contributed by atoms with Gasteiger partial charge in [-0.3, -0.25) is 9.36 Å². The minimum absolute atomic E-state index is 0.0248. The number of hydrogen-bond donors (Lipinski definition) is 0. The molecule has 0 fully saturated rings. The first kappa shape index (κ1) is 11.1. The lowest BCUT2D eigenvalue weighted by molar-refractivity contribution is 0.728. The molecule has 1 aromatic heterocycles. The Bertz CT molecular complexity index is 563. The van der Waals surface area contributed by atoms with E-state index in [-0.39, 0.29) is 5.56 Å². The van der Waals surface area contributed by atoms with Gasteiger partial charge in [0.1, 0.15) is 0 Å². The van der Waals surface area contributed by atoms with Gasteiger partial charge in [-0.1, -0.05) is 34.1 Å². The third-order valence-electron chi connectivity index (χ3n) is 2.31. The van der Waals surface area contributed by atoms with Gasteiger partial charge in [0.25, 0.3) is 5.56 Å². The lowest BCUT2D eigenvalue weighted by Gasteiger charge is -2.06. The van der Waals surface area contributed by atoms with E-state index >= 15 is 0 Å². The quantitative estimate of drug-likeness (QED) is 0.845. The summed E-state index contributed by atoms with van der Waals surface area (Å²) in [6, 6.07) is 9.38. The number of hydrogen-bond acceptors (Lipinski definition) is 2. The first-order valence-electron chi connectivity index (χ1n) is 4.93. The first-order valence-corrected chi connectivity index (χ1v) is 5.72. The normalized spacial score (nSPS) is 10.4. The van der Waals surface area contributed by atoms with Crippen LogP contribution in [0, 0.1) is 6.92 Å². The van der Waals surface area contributed by atoms with E-state index in [2.05, 4.69) is 20.9 Å². The van der Waals surface area contributed by atoms with Crippen LogP contribution < -0.4 is 5.56 Å². The summed E-state index contributed by atoms with van der Waals surface area (Å²) in [4.78, 5) is 15.8. The van der Waals surface area contributed by atoms with Crippen LogP contribution in [0.1, 0.15) is 11.3 Å². The monoisotopic (exact) mass is 278 g/mol. The van der Waals surface area contributed by atoms with Crippen molar-refractivity contribution in [2.24, 2.45) is 0 Å². The highest BCUT2D eigenvalue weighted by molar-refractivity contribution is 9.10. The number of halogens is 1. The van der Waals surface area contributed by atoms with Crippen molar-refractivity contribution in [1.82, 2.24) is 9.55 Å². The summed E-state index contributed by atoms with van der Waals surface area (Å²) >= 11 is 3.46. The molecular formula is C12H11BrN2O. The summed E-state index contributed by atoms with van der Waals surface area (Å²) < 4.78 is 2.59. The van der Waals surface area contributed by atoms with E-state index in [0.29, 0.717) is 6.54 Å². The van der Waals surface area contributed by atoms with Crippen LogP contribution in [0.5, 0.6) is 0 Å². The van der Waals surface area contributed by atoms with Crippen molar-refractivity contribution in [3.8, 4) is 0 Å². The summed E-state index contributed by atoms with van der Waals surface area (Å²) in [5, 5.41) is 0. The molecule has 0 N–H and O–H groups in total. The van der Waals surface area contributed by atoms with Crippen molar-refractivity contribution in [2.75, 3.05) is 0 Å². The number of rotatable bonds is 2. The fourth-order valence-electron chi connectivity index (χ4n) is 1.45. The Kier molecular flexibility index (Phi) is 3.19. The van der Waals surface area contributed by atoms with Crippen LogP contribution in [0.25, 0.3) is 0 Å². The fourth-order valence-corrected chi connectivity index (χ4v) is 1.86. The van der Waals surface area contributed by atoms with E-state index in [9.17, 15) is 4.79 Å². The molecule has 1 heterocycles. The number of nitrogens with zero attached hydrogens (tertiary/aromatic N) is 2. The molecule has 0 aliphatic rings. The fraction of sp³-hybridized carbons (Fsp3) is 0.167. The largest absolute Gasteiger partial charge is 0.295 e. The molecule has 0 unspecified atom stereocenters. The third-order valence-corrected chi connectivity index (χ3v) is 3.09. The highest BCUT2D eigenvalue weighted by Gasteiger charge is 2.01. The Labute approximate surface area is 102 Å². The molecule has 0 radical (unpaired) electrons. The molecule has 3 nitrogen and oxygen atoms in total. The number of aryl methyl sites for hydroxylation is 1. The van der Waals surface area contributed by atoms with Crippen molar-refractivity contribution in [1.29, 1.82) is 0 Å². The van der Waals surface area contributed by atoms with Crippen LogP contribution in [0.15, 0.2) is 45.9 Å². The Morgan fingerprint density at radius 1 is 1.38 bits per heavy atom. The van der Waals surface area contributed by atoms with Gasteiger partial charge in [0.15, 0.2) is 0 Å². The molecule has 2 aromatic rings. The molecule has 0 aliphatic carbocycles. The lowest BCUT2D eigenvalue weighted by Crippen LogP contribution is -2.20. The molecule has 82 valence electrons. The van der Waals surface area contributed by atoms with E-state index in [1.54, 1.807) is 10.9 Å². The van der Waals surface area contributed by atoms with Crippen molar-refractivity contribution in [3.63, 3.8) is 0 Å². The highest BCUT2D eigenvalue weighted by Crippen LogP contribution is 2.16. The van der Waals surface area contributed by atoms with Gasteiger partial charge in [0.2, 0.25) is 0 Å². The van der Waals surface area contributed by atoms with Gasteiger partial charge < -0.3 is 0 Å². The van der Waals surface area contributed by atoms with E-state index in [1.165, 1.54) is 6.07 Å². The smallest absolute Gasteiger partial charge is 0.253 e. The maximum Gasteiger partial charge on any atom is 0.253 e. The molecule has 0 aliphatic heterocycles. The van der Waals surface area contributed by atoms with E-state index < -0.39 is 0 Å². The SMILES string of the molecule is Cc1cc(=O)n(Cc2ccccc2Br)cn1. The van der Waals surface area contributed by atoms with Crippen molar-refractivity contribution in [2.45, 2.75) is 13.5 Å². The number of benzene rings is 1. The minimum Gasteiger partial charge on any atom is -0.295 e. The summed E-state index contributed by atoms with van der Waals surface area (Å²) in [6.07, 6.45) is 1.58. The predicted molar refractivity (Wildman–Crippen MR) is 66.5 cm³/mol. The van der Waals surface area contributed by atoms with Crippen LogP contribution in [-0.4, -0.2) is 9.55 Å². The van der Waals surface area contributed by atoms with E-state index in [1.807, 2.05) is 31.2 Å². The molecule has 16 heavy (non-hydrogen) atoms. The Morgan fingerprint density at radius 2 is 2.12 bits per heavy atom. The summed E-state index contributed by atoms with van der Waals surface area (Å²) in [7, 11) is 0. The average Bonchev–Trinajstić information content (AvgIpc) is 2.25. The predicted octanol–water partition coefficient (Wildman–Crippen LogP) is 2.36.